The Kier molecular flexibility index (Phi) is 4.61. The molecule has 1 aliphatic rings. The van der Waals surface area contributed by atoms with Crippen LogP contribution in [-0.4, -0.2) is 36.5 Å². The molecule has 2 aromatic carbocycles. The van der Waals surface area contributed by atoms with Crippen LogP contribution in [0.4, 0.5) is 0 Å². The molecule has 1 aromatic heterocycles. The zero-order valence-electron chi connectivity index (χ0n) is 14.6. The Morgan fingerprint density at radius 3 is 2.96 bits per heavy atom. The molecule has 0 unspecified atom stereocenters. The molecule has 8 nitrogen and oxygen atoms in total. The molecular weight excluding hydrogens is 350 g/mol. The Hall–Kier alpha value is -3.55. The van der Waals surface area contributed by atoms with E-state index >= 15 is 0 Å². The number of carbonyl (C=O) groups excluding carboxylic acids is 1. The summed E-state index contributed by atoms with van der Waals surface area (Å²) >= 11 is 0. The van der Waals surface area contributed by atoms with E-state index in [4.69, 9.17) is 18.7 Å². The van der Waals surface area contributed by atoms with E-state index in [1.807, 2.05) is 24.3 Å². The number of hydrogen-bond donors (Lipinski definition) is 1. The van der Waals surface area contributed by atoms with Gasteiger partial charge in [0, 0.05) is 24.1 Å². The number of benzene rings is 2. The first-order valence-electron chi connectivity index (χ1n) is 8.38. The summed E-state index contributed by atoms with van der Waals surface area (Å²) in [5.41, 5.74) is 1.30. The minimum Gasteiger partial charge on any atom is -0.497 e. The number of rotatable bonds is 6. The second kappa shape index (κ2) is 7.36. The summed E-state index contributed by atoms with van der Waals surface area (Å²) in [6.07, 6.45) is 0.424. The normalized spacial score (nSPS) is 12.0. The summed E-state index contributed by atoms with van der Waals surface area (Å²) in [5.74, 6) is 2.64. The van der Waals surface area contributed by atoms with Crippen LogP contribution in [-0.2, 0) is 6.42 Å². The van der Waals surface area contributed by atoms with Crippen molar-refractivity contribution in [3.63, 3.8) is 0 Å². The Bertz CT molecular complexity index is 969. The molecule has 8 heteroatoms. The average Bonchev–Trinajstić information content (AvgIpc) is 3.36. The largest absolute Gasteiger partial charge is 0.497 e. The van der Waals surface area contributed by atoms with Crippen molar-refractivity contribution in [1.82, 2.24) is 15.5 Å². The molecule has 0 bridgehead atoms. The van der Waals surface area contributed by atoms with Gasteiger partial charge in [-0.3, -0.25) is 4.79 Å². The number of amides is 1. The second-order valence-corrected chi connectivity index (χ2v) is 5.82. The molecule has 0 saturated heterocycles. The lowest BCUT2D eigenvalue weighted by Gasteiger charge is -2.04. The number of carbonyl (C=O) groups is 1. The molecule has 138 valence electrons. The van der Waals surface area contributed by atoms with Gasteiger partial charge in [0.2, 0.25) is 18.5 Å². The van der Waals surface area contributed by atoms with Crippen molar-refractivity contribution in [3.8, 4) is 28.6 Å². The number of aromatic nitrogens is 2. The van der Waals surface area contributed by atoms with Crippen molar-refractivity contribution in [2.45, 2.75) is 6.42 Å². The third kappa shape index (κ3) is 3.69. The van der Waals surface area contributed by atoms with Crippen molar-refractivity contribution >= 4 is 5.91 Å². The second-order valence-electron chi connectivity index (χ2n) is 5.82. The lowest BCUT2D eigenvalue weighted by Crippen LogP contribution is -2.25. The van der Waals surface area contributed by atoms with Gasteiger partial charge in [-0.05, 0) is 30.3 Å². The van der Waals surface area contributed by atoms with E-state index in [9.17, 15) is 4.79 Å². The van der Waals surface area contributed by atoms with Gasteiger partial charge in [0.1, 0.15) is 5.75 Å². The van der Waals surface area contributed by atoms with Gasteiger partial charge in [0.05, 0.1) is 7.11 Å². The van der Waals surface area contributed by atoms with Crippen LogP contribution in [0.1, 0.15) is 16.2 Å². The number of hydrogen-bond acceptors (Lipinski definition) is 7. The van der Waals surface area contributed by atoms with E-state index in [0.29, 0.717) is 41.7 Å². The highest BCUT2D eigenvalue weighted by Gasteiger charge is 2.16. The molecule has 4 rings (SSSR count). The molecule has 0 spiro atoms. The van der Waals surface area contributed by atoms with Gasteiger partial charge in [-0.1, -0.05) is 17.3 Å². The van der Waals surface area contributed by atoms with E-state index in [-0.39, 0.29) is 12.7 Å². The molecule has 27 heavy (non-hydrogen) atoms. The van der Waals surface area contributed by atoms with Crippen molar-refractivity contribution < 1.29 is 23.5 Å². The zero-order chi connectivity index (χ0) is 18.6. The van der Waals surface area contributed by atoms with Crippen molar-refractivity contribution in [1.29, 1.82) is 0 Å². The highest BCUT2D eigenvalue weighted by atomic mass is 16.7. The third-order valence-corrected chi connectivity index (χ3v) is 4.06. The summed E-state index contributed by atoms with van der Waals surface area (Å²) in [7, 11) is 1.60. The molecule has 3 aromatic rings. The average molecular weight is 367 g/mol. The number of methoxy groups -OCH3 is 1. The monoisotopic (exact) mass is 367 g/mol. The maximum absolute atomic E-state index is 12.2. The Balaban J connectivity index is 1.34. The summed E-state index contributed by atoms with van der Waals surface area (Å²) in [6.45, 7) is 0.542. The summed E-state index contributed by atoms with van der Waals surface area (Å²) in [6, 6.07) is 12.5. The third-order valence-electron chi connectivity index (χ3n) is 4.06. The van der Waals surface area contributed by atoms with Gasteiger partial charge in [0.15, 0.2) is 11.5 Å². The van der Waals surface area contributed by atoms with Gasteiger partial charge >= 0.3 is 0 Å². The van der Waals surface area contributed by atoms with Crippen LogP contribution in [0.5, 0.6) is 17.2 Å². The topological polar surface area (TPSA) is 95.7 Å². The molecule has 0 aliphatic carbocycles. The lowest BCUT2D eigenvalue weighted by molar-refractivity contribution is 0.0953. The highest BCUT2D eigenvalue weighted by molar-refractivity contribution is 5.94. The summed E-state index contributed by atoms with van der Waals surface area (Å²) in [5, 5.41) is 6.80. The quantitative estimate of drug-likeness (QED) is 0.715. The highest BCUT2D eigenvalue weighted by Crippen LogP contribution is 2.32. The van der Waals surface area contributed by atoms with Gasteiger partial charge in [-0.2, -0.15) is 4.98 Å². The molecule has 0 radical (unpaired) electrons. The molecule has 2 heterocycles. The first kappa shape index (κ1) is 16.9. The number of nitrogens with zero attached hydrogens (tertiary/aromatic N) is 2. The number of nitrogens with one attached hydrogen (secondary N) is 1. The van der Waals surface area contributed by atoms with E-state index in [0.717, 1.165) is 11.3 Å². The molecule has 0 saturated carbocycles. The van der Waals surface area contributed by atoms with Gasteiger partial charge in [0.25, 0.3) is 5.91 Å². The Labute approximate surface area is 155 Å². The molecular formula is C19H17N3O5. The minimum absolute atomic E-state index is 0.174. The SMILES string of the molecule is COc1cccc(-c2noc(CCNC(=O)c3ccc4c(c3)OCO4)n2)c1. The van der Waals surface area contributed by atoms with Gasteiger partial charge < -0.3 is 24.1 Å². The molecule has 1 aliphatic heterocycles. The van der Waals surface area contributed by atoms with Crippen molar-refractivity contribution in [2.24, 2.45) is 0 Å². The fraction of sp³-hybridized carbons (Fsp3) is 0.211. The summed E-state index contributed by atoms with van der Waals surface area (Å²) < 4.78 is 21.0. The molecule has 1 N–H and O–H groups in total. The lowest BCUT2D eigenvalue weighted by atomic mass is 10.2. The fourth-order valence-electron chi connectivity index (χ4n) is 2.66. The summed E-state index contributed by atoms with van der Waals surface area (Å²) in [4.78, 5) is 16.6. The Morgan fingerprint density at radius 1 is 1.19 bits per heavy atom. The number of ether oxygens (including phenoxy) is 3. The smallest absolute Gasteiger partial charge is 0.251 e. The maximum atomic E-state index is 12.2. The van der Waals surface area contributed by atoms with E-state index in [2.05, 4.69) is 15.5 Å². The minimum atomic E-state index is -0.208. The van der Waals surface area contributed by atoms with Gasteiger partial charge in [-0.25, -0.2) is 0 Å². The van der Waals surface area contributed by atoms with Crippen molar-refractivity contribution in [3.05, 3.63) is 53.9 Å². The zero-order valence-corrected chi connectivity index (χ0v) is 14.6. The van der Waals surface area contributed by atoms with E-state index < -0.39 is 0 Å². The number of fused-ring (bicyclic) bond motifs is 1. The molecule has 0 atom stereocenters. The predicted octanol–water partition coefficient (Wildman–Crippen LogP) is 2.45. The molecule has 0 fully saturated rings. The van der Waals surface area contributed by atoms with Crippen LogP contribution in [0.15, 0.2) is 47.0 Å². The Morgan fingerprint density at radius 2 is 2.07 bits per heavy atom. The predicted molar refractivity (Wildman–Crippen MR) is 94.9 cm³/mol. The maximum Gasteiger partial charge on any atom is 0.251 e. The van der Waals surface area contributed by atoms with Crippen LogP contribution >= 0.6 is 0 Å². The standard InChI is InChI=1S/C19H17N3O5/c1-24-14-4-2-3-12(9-14)18-21-17(27-22-18)7-8-20-19(23)13-5-6-15-16(10-13)26-11-25-15/h2-6,9-10H,7-8,11H2,1H3,(H,20,23). The van der Waals surface area contributed by atoms with Gasteiger partial charge in [-0.15, -0.1) is 0 Å². The van der Waals surface area contributed by atoms with Crippen LogP contribution in [0.3, 0.4) is 0 Å². The van der Waals surface area contributed by atoms with Crippen LogP contribution in [0, 0.1) is 0 Å². The van der Waals surface area contributed by atoms with Crippen LogP contribution < -0.4 is 19.5 Å². The van der Waals surface area contributed by atoms with E-state index in [1.54, 1.807) is 25.3 Å². The fourth-order valence-corrected chi connectivity index (χ4v) is 2.66. The van der Waals surface area contributed by atoms with Crippen LogP contribution in [0.25, 0.3) is 11.4 Å². The first-order chi connectivity index (χ1) is 13.2. The van der Waals surface area contributed by atoms with E-state index in [1.165, 1.54) is 0 Å². The first-order valence-corrected chi connectivity index (χ1v) is 8.38. The van der Waals surface area contributed by atoms with Crippen molar-refractivity contribution in [2.75, 3.05) is 20.4 Å². The van der Waals surface area contributed by atoms with Crippen LogP contribution in [0.2, 0.25) is 0 Å². The molecule has 1 amide bonds.